The van der Waals surface area contributed by atoms with Gasteiger partial charge in [-0.25, -0.2) is 13.5 Å². The van der Waals surface area contributed by atoms with Gasteiger partial charge in [0.2, 0.25) is 0 Å². The molecule has 7 rings (SSSR count). The largest absolute Gasteiger partial charge is 0.508 e. The second-order valence-electron chi connectivity index (χ2n) is 12.2. The molecule has 4 aromatic rings. The Balaban J connectivity index is 1.40. The van der Waals surface area contributed by atoms with Crippen LogP contribution in [-0.2, 0) is 7.05 Å². The molecule has 3 fully saturated rings. The first-order chi connectivity index (χ1) is 20.3. The highest BCUT2D eigenvalue weighted by Crippen LogP contribution is 2.40. The molecule has 9 nitrogen and oxygen atoms in total. The number of aromatic hydroxyl groups is 1. The Hall–Kier alpha value is -3.73. The molecular weight excluding hydrogens is 542 g/mol. The summed E-state index contributed by atoms with van der Waals surface area (Å²) in [6, 6.07) is 6.15. The fourth-order valence-corrected chi connectivity index (χ4v) is 7.42. The molecule has 0 aliphatic carbocycles. The number of anilines is 1. The van der Waals surface area contributed by atoms with Crippen LogP contribution in [0.5, 0.6) is 11.8 Å². The van der Waals surface area contributed by atoms with E-state index in [9.17, 15) is 18.7 Å². The maximum atomic E-state index is 14.7. The van der Waals surface area contributed by atoms with E-state index in [-0.39, 0.29) is 29.5 Å². The van der Waals surface area contributed by atoms with E-state index in [4.69, 9.17) is 14.7 Å². The first-order valence-electron chi connectivity index (χ1n) is 14.9. The summed E-state index contributed by atoms with van der Waals surface area (Å²) in [5.74, 6) is 0.0792. The number of phenolic OH excluding ortho intramolecular Hbond substituents is 1. The molecule has 0 saturated carbocycles. The third-order valence-electron chi connectivity index (χ3n) is 9.50. The van der Waals surface area contributed by atoms with Crippen LogP contribution in [-0.4, -0.2) is 73.8 Å². The lowest BCUT2D eigenvalue weighted by atomic mass is 9.95. The van der Waals surface area contributed by atoms with Crippen molar-refractivity contribution in [1.29, 1.82) is 0 Å². The summed E-state index contributed by atoms with van der Waals surface area (Å²) >= 11 is 0. The fourth-order valence-electron chi connectivity index (χ4n) is 7.42. The van der Waals surface area contributed by atoms with Crippen LogP contribution in [0.3, 0.4) is 0 Å². The molecule has 3 saturated heterocycles. The molecule has 11 heteroatoms. The van der Waals surface area contributed by atoms with Crippen molar-refractivity contribution in [2.45, 2.75) is 63.6 Å². The van der Waals surface area contributed by atoms with Crippen LogP contribution in [0, 0.1) is 12.7 Å². The Bertz CT molecular complexity index is 1740. The van der Waals surface area contributed by atoms with Gasteiger partial charge in [0, 0.05) is 44.6 Å². The molecule has 5 heterocycles. The number of alkyl halides is 1. The molecule has 2 aromatic heterocycles. The average molecular weight is 579 g/mol. The van der Waals surface area contributed by atoms with Crippen LogP contribution in [0.4, 0.5) is 14.6 Å². The second kappa shape index (κ2) is 10.2. The summed E-state index contributed by atoms with van der Waals surface area (Å²) in [7, 11) is 1.72. The van der Waals surface area contributed by atoms with E-state index in [1.54, 1.807) is 30.8 Å². The first-order valence-corrected chi connectivity index (χ1v) is 14.9. The number of aryl methyl sites for hydroxylation is 2. The van der Waals surface area contributed by atoms with Crippen molar-refractivity contribution in [3.05, 3.63) is 46.0 Å². The van der Waals surface area contributed by atoms with Gasteiger partial charge in [-0.15, -0.1) is 0 Å². The molecule has 3 aliphatic rings. The molecule has 2 atom stereocenters. The van der Waals surface area contributed by atoms with E-state index in [0.717, 1.165) is 58.2 Å². The summed E-state index contributed by atoms with van der Waals surface area (Å²) in [5.41, 5.74) is 0.402. The zero-order valence-electron chi connectivity index (χ0n) is 24.1. The molecule has 0 spiro atoms. The van der Waals surface area contributed by atoms with E-state index in [1.807, 2.05) is 0 Å². The minimum absolute atomic E-state index is 0.0355. The lowest BCUT2D eigenvalue weighted by Gasteiger charge is -2.31. The maximum absolute atomic E-state index is 14.7. The van der Waals surface area contributed by atoms with Gasteiger partial charge in [0.05, 0.1) is 11.2 Å². The number of ether oxygens (including phenoxy) is 1. The molecule has 0 unspecified atom stereocenters. The highest BCUT2D eigenvalue weighted by Gasteiger charge is 2.49. The number of phenols is 1. The minimum atomic E-state index is -0.870. The van der Waals surface area contributed by atoms with E-state index in [0.29, 0.717) is 51.8 Å². The number of fused-ring (bicyclic) bond motifs is 3. The van der Waals surface area contributed by atoms with Gasteiger partial charge < -0.3 is 14.7 Å². The van der Waals surface area contributed by atoms with Crippen molar-refractivity contribution in [3.63, 3.8) is 0 Å². The topological polar surface area (TPSA) is 88.7 Å². The molecule has 0 radical (unpaired) electrons. The van der Waals surface area contributed by atoms with Crippen molar-refractivity contribution in [2.24, 2.45) is 7.05 Å². The lowest BCUT2D eigenvalue weighted by molar-refractivity contribution is 0.107. The van der Waals surface area contributed by atoms with Crippen LogP contribution in [0.2, 0.25) is 0 Å². The molecule has 0 bridgehead atoms. The minimum Gasteiger partial charge on any atom is -0.508 e. The van der Waals surface area contributed by atoms with Crippen molar-refractivity contribution >= 4 is 27.6 Å². The molecule has 0 amide bonds. The van der Waals surface area contributed by atoms with Gasteiger partial charge in [0.15, 0.2) is 11.5 Å². The van der Waals surface area contributed by atoms with Gasteiger partial charge in [0.1, 0.15) is 29.7 Å². The van der Waals surface area contributed by atoms with E-state index < -0.39 is 12.0 Å². The number of aromatic nitrogens is 4. The monoisotopic (exact) mass is 578 g/mol. The first kappa shape index (κ1) is 27.1. The van der Waals surface area contributed by atoms with Gasteiger partial charge in [0.25, 0.3) is 5.56 Å². The quantitative estimate of drug-likeness (QED) is 0.365. The van der Waals surface area contributed by atoms with Gasteiger partial charge in [-0.3, -0.25) is 14.4 Å². The van der Waals surface area contributed by atoms with Crippen LogP contribution < -0.4 is 15.2 Å². The number of nitrogens with zero attached hydrogens (tertiary/aromatic N) is 6. The van der Waals surface area contributed by atoms with E-state index >= 15 is 0 Å². The zero-order valence-corrected chi connectivity index (χ0v) is 24.1. The van der Waals surface area contributed by atoms with Crippen LogP contribution in [0.1, 0.15) is 50.5 Å². The van der Waals surface area contributed by atoms with Gasteiger partial charge >= 0.3 is 6.01 Å². The van der Waals surface area contributed by atoms with E-state index in [2.05, 4.69) is 9.80 Å². The fraction of sp³-hybridized carbons (Fsp3) is 0.516. The predicted octanol–water partition coefficient (Wildman–Crippen LogP) is 4.76. The van der Waals surface area contributed by atoms with Crippen LogP contribution in [0.25, 0.3) is 27.5 Å². The van der Waals surface area contributed by atoms with Gasteiger partial charge in [-0.1, -0.05) is 18.9 Å². The number of hydrogen-bond acceptors (Lipinski definition) is 7. The smallest absolute Gasteiger partial charge is 0.320 e. The van der Waals surface area contributed by atoms with Gasteiger partial charge in [-0.2, -0.15) is 9.97 Å². The van der Waals surface area contributed by atoms with Crippen molar-refractivity contribution in [2.75, 3.05) is 37.7 Å². The summed E-state index contributed by atoms with van der Waals surface area (Å²) in [6.45, 7) is 4.73. The Labute approximate surface area is 242 Å². The second-order valence-corrected chi connectivity index (χ2v) is 12.2. The Kier molecular flexibility index (Phi) is 6.60. The Morgan fingerprint density at radius 3 is 2.64 bits per heavy atom. The summed E-state index contributed by atoms with van der Waals surface area (Å²) in [4.78, 5) is 28.2. The average Bonchev–Trinajstić information content (AvgIpc) is 3.45. The summed E-state index contributed by atoms with van der Waals surface area (Å²) < 4.78 is 38.5. The predicted molar refractivity (Wildman–Crippen MR) is 157 cm³/mol. The number of rotatable bonds is 5. The highest BCUT2D eigenvalue weighted by atomic mass is 19.1. The third-order valence-corrected chi connectivity index (χ3v) is 9.50. The summed E-state index contributed by atoms with van der Waals surface area (Å²) in [5, 5.41) is 12.1. The van der Waals surface area contributed by atoms with Crippen molar-refractivity contribution in [3.8, 4) is 17.4 Å². The summed E-state index contributed by atoms with van der Waals surface area (Å²) in [6.07, 6.45) is 5.61. The van der Waals surface area contributed by atoms with Crippen molar-refractivity contribution < 1.29 is 18.6 Å². The molecule has 222 valence electrons. The third kappa shape index (κ3) is 4.31. The zero-order chi connectivity index (χ0) is 29.2. The number of halogens is 2. The molecule has 42 heavy (non-hydrogen) atoms. The Morgan fingerprint density at radius 2 is 1.86 bits per heavy atom. The van der Waals surface area contributed by atoms with Gasteiger partial charge in [-0.05, 0) is 62.2 Å². The molecule has 1 N–H and O–H groups in total. The van der Waals surface area contributed by atoms with Crippen LogP contribution >= 0.6 is 0 Å². The standard InChI is InChI=1S/C31H36F2N6O3/c1-19-23(33)9-8-20-14-22(40)15-24(25(19)20)39-29(41)26-27(36(39)2)34-30(35-28(26)37-11-5-3-4-6-12-37)42-18-31-10-7-13-38(31)17-21(32)16-31/h8-9,14-15,21,40H,3-7,10-13,16-18H2,1-2H3/t21-,31+/m1/s1. The molecule has 2 aromatic carbocycles. The Morgan fingerprint density at radius 1 is 1.07 bits per heavy atom. The maximum Gasteiger partial charge on any atom is 0.320 e. The molecular formula is C31H36F2N6O3. The van der Waals surface area contributed by atoms with E-state index in [1.165, 1.54) is 16.8 Å². The number of hydrogen-bond donors (Lipinski definition) is 1. The van der Waals surface area contributed by atoms with Crippen LogP contribution in [0.15, 0.2) is 29.1 Å². The van der Waals surface area contributed by atoms with Crippen molar-refractivity contribution in [1.82, 2.24) is 24.2 Å². The highest BCUT2D eigenvalue weighted by molar-refractivity contribution is 5.95. The molecule has 3 aliphatic heterocycles. The lowest BCUT2D eigenvalue weighted by Crippen LogP contribution is -2.43. The number of benzene rings is 2. The SMILES string of the molecule is Cc1c(F)ccc2cc(O)cc(-n3c(=O)c4c(N5CCCCCC5)nc(OC[C@@]56CCCN5C[C@H](F)C6)nc4n3C)c12. The normalized spacial score (nSPS) is 23.1.